The first-order valence-corrected chi connectivity index (χ1v) is 9.91. The van der Waals surface area contributed by atoms with Gasteiger partial charge >= 0.3 is 0 Å². The van der Waals surface area contributed by atoms with Gasteiger partial charge in [-0.25, -0.2) is 0 Å². The van der Waals surface area contributed by atoms with Gasteiger partial charge in [-0.3, -0.25) is 14.8 Å². The van der Waals surface area contributed by atoms with Gasteiger partial charge in [-0.1, -0.05) is 24.3 Å². The Morgan fingerprint density at radius 1 is 1.24 bits per heavy atom. The van der Waals surface area contributed by atoms with Gasteiger partial charge in [-0.2, -0.15) is 5.10 Å². The van der Waals surface area contributed by atoms with Crippen molar-refractivity contribution in [3.63, 3.8) is 0 Å². The highest BCUT2D eigenvalue weighted by molar-refractivity contribution is 5.97. The quantitative estimate of drug-likeness (QED) is 0.669. The molecule has 1 aliphatic heterocycles. The number of amides is 1. The molecule has 2 heterocycles. The lowest BCUT2D eigenvalue weighted by Crippen LogP contribution is -2.50. The van der Waals surface area contributed by atoms with Crippen molar-refractivity contribution in [3.8, 4) is 16.9 Å². The van der Waals surface area contributed by atoms with E-state index in [1.54, 1.807) is 13.1 Å². The number of H-pyrrole nitrogens is 1. The molecule has 1 aromatic heterocycles. The van der Waals surface area contributed by atoms with E-state index in [1.165, 1.54) is 0 Å². The summed E-state index contributed by atoms with van der Waals surface area (Å²) in [7, 11) is 0. The standard InChI is InChI=1S/C22H26N4O3/c1-16(27)26-8-6-25(7-9-26)14-19(28)15-29-20-10-17-4-2-3-5-21(17)22(11-20)18-12-23-24-13-18/h2-5,10-13,19,28H,6-9,14-15H2,1H3,(H,23,24). The van der Waals surface area contributed by atoms with Crippen LogP contribution >= 0.6 is 0 Å². The maximum Gasteiger partial charge on any atom is 0.219 e. The Labute approximate surface area is 169 Å². The van der Waals surface area contributed by atoms with Crippen molar-refractivity contribution in [1.29, 1.82) is 0 Å². The van der Waals surface area contributed by atoms with Gasteiger partial charge in [0.2, 0.25) is 5.91 Å². The molecule has 1 fully saturated rings. The Morgan fingerprint density at radius 3 is 2.76 bits per heavy atom. The van der Waals surface area contributed by atoms with E-state index in [2.05, 4.69) is 27.2 Å². The van der Waals surface area contributed by atoms with E-state index in [9.17, 15) is 9.90 Å². The van der Waals surface area contributed by atoms with Crippen LogP contribution in [0.4, 0.5) is 0 Å². The van der Waals surface area contributed by atoms with Gasteiger partial charge in [-0.05, 0) is 28.5 Å². The van der Waals surface area contributed by atoms with Crippen LogP contribution in [0.3, 0.4) is 0 Å². The fourth-order valence-electron chi connectivity index (χ4n) is 3.79. The lowest BCUT2D eigenvalue weighted by atomic mass is 10.00. The van der Waals surface area contributed by atoms with E-state index in [0.717, 1.165) is 40.7 Å². The Hall–Kier alpha value is -2.90. The summed E-state index contributed by atoms with van der Waals surface area (Å²) in [6, 6.07) is 12.1. The molecule has 1 amide bonds. The summed E-state index contributed by atoms with van der Waals surface area (Å²) >= 11 is 0. The third kappa shape index (κ3) is 4.58. The highest BCUT2D eigenvalue weighted by atomic mass is 16.5. The average molecular weight is 394 g/mol. The maximum atomic E-state index is 11.4. The molecule has 2 N–H and O–H groups in total. The van der Waals surface area contributed by atoms with Crippen LogP contribution in [0.1, 0.15) is 6.92 Å². The first-order chi connectivity index (χ1) is 14.1. The normalized spacial score (nSPS) is 16.1. The van der Waals surface area contributed by atoms with E-state index >= 15 is 0 Å². The third-order valence-electron chi connectivity index (χ3n) is 5.37. The van der Waals surface area contributed by atoms with Gasteiger partial charge in [0.15, 0.2) is 0 Å². The number of carbonyl (C=O) groups excluding carboxylic acids is 1. The summed E-state index contributed by atoms with van der Waals surface area (Å²) < 4.78 is 5.94. The predicted octanol–water partition coefficient (Wildman–Crippen LogP) is 2.13. The molecule has 0 aliphatic carbocycles. The molecule has 1 aliphatic rings. The Bertz CT molecular complexity index is 965. The minimum absolute atomic E-state index is 0.110. The fraction of sp³-hybridized carbons (Fsp3) is 0.364. The molecule has 1 saturated heterocycles. The van der Waals surface area contributed by atoms with Gasteiger partial charge in [0.05, 0.1) is 6.20 Å². The molecule has 0 spiro atoms. The second-order valence-corrected chi connectivity index (χ2v) is 7.45. The van der Waals surface area contributed by atoms with Crippen LogP contribution in [0.15, 0.2) is 48.8 Å². The number of benzene rings is 2. The van der Waals surface area contributed by atoms with Gasteiger partial charge in [0, 0.05) is 51.4 Å². The van der Waals surface area contributed by atoms with Crippen LogP contribution in [0.25, 0.3) is 21.9 Å². The monoisotopic (exact) mass is 394 g/mol. The lowest BCUT2D eigenvalue weighted by molar-refractivity contribution is -0.130. The van der Waals surface area contributed by atoms with Crippen LogP contribution in [0.5, 0.6) is 5.75 Å². The van der Waals surface area contributed by atoms with Crippen molar-refractivity contribution in [3.05, 3.63) is 48.8 Å². The van der Waals surface area contributed by atoms with Gasteiger partial charge in [-0.15, -0.1) is 0 Å². The largest absolute Gasteiger partial charge is 0.491 e. The number of hydrogen-bond acceptors (Lipinski definition) is 5. The SMILES string of the molecule is CC(=O)N1CCN(CC(O)COc2cc(-c3cn[nH]c3)c3ccccc3c2)CC1. The zero-order valence-corrected chi connectivity index (χ0v) is 16.5. The molecular weight excluding hydrogens is 368 g/mol. The second kappa shape index (κ2) is 8.63. The summed E-state index contributed by atoms with van der Waals surface area (Å²) in [5.41, 5.74) is 2.04. The van der Waals surface area contributed by atoms with Crippen molar-refractivity contribution < 1.29 is 14.6 Å². The summed E-state index contributed by atoms with van der Waals surface area (Å²) in [6.45, 7) is 5.32. The van der Waals surface area contributed by atoms with Crippen molar-refractivity contribution in [2.24, 2.45) is 0 Å². The van der Waals surface area contributed by atoms with Crippen molar-refractivity contribution in [1.82, 2.24) is 20.0 Å². The van der Waals surface area contributed by atoms with Crippen molar-refractivity contribution in [2.75, 3.05) is 39.3 Å². The first-order valence-electron chi connectivity index (χ1n) is 9.91. The van der Waals surface area contributed by atoms with Gasteiger partial charge in [0.25, 0.3) is 0 Å². The smallest absolute Gasteiger partial charge is 0.219 e. The Balaban J connectivity index is 1.40. The lowest BCUT2D eigenvalue weighted by Gasteiger charge is -2.35. The zero-order chi connectivity index (χ0) is 20.2. The highest BCUT2D eigenvalue weighted by Gasteiger charge is 2.20. The molecule has 29 heavy (non-hydrogen) atoms. The number of aromatic amines is 1. The molecule has 4 rings (SSSR count). The average Bonchev–Trinajstić information content (AvgIpc) is 3.27. The minimum atomic E-state index is -0.595. The molecule has 3 aromatic rings. The van der Waals surface area contributed by atoms with Crippen LogP contribution in [-0.4, -0.2) is 76.4 Å². The number of aliphatic hydroxyl groups is 1. The minimum Gasteiger partial charge on any atom is -0.491 e. The summed E-state index contributed by atoms with van der Waals surface area (Å²) in [5.74, 6) is 0.832. The number of rotatable bonds is 6. The number of nitrogens with zero attached hydrogens (tertiary/aromatic N) is 3. The van der Waals surface area contributed by atoms with E-state index in [4.69, 9.17) is 4.74 Å². The molecule has 2 aromatic carbocycles. The van der Waals surface area contributed by atoms with E-state index in [1.807, 2.05) is 35.4 Å². The van der Waals surface area contributed by atoms with E-state index in [-0.39, 0.29) is 12.5 Å². The number of β-amino-alcohol motifs (C(OH)–C–C–N with tert-alkyl or cyclic N) is 1. The third-order valence-corrected chi connectivity index (χ3v) is 5.37. The number of nitrogens with one attached hydrogen (secondary N) is 1. The topological polar surface area (TPSA) is 81.7 Å². The maximum absolute atomic E-state index is 11.4. The van der Waals surface area contributed by atoms with Gasteiger partial charge < -0.3 is 14.7 Å². The van der Waals surface area contributed by atoms with Crippen molar-refractivity contribution >= 4 is 16.7 Å². The highest BCUT2D eigenvalue weighted by Crippen LogP contribution is 2.32. The van der Waals surface area contributed by atoms with Crippen LogP contribution in [-0.2, 0) is 4.79 Å². The molecule has 152 valence electrons. The van der Waals surface area contributed by atoms with Gasteiger partial charge in [0.1, 0.15) is 18.5 Å². The summed E-state index contributed by atoms with van der Waals surface area (Å²) in [6.07, 6.45) is 3.06. The Morgan fingerprint density at radius 2 is 2.03 bits per heavy atom. The van der Waals surface area contributed by atoms with E-state index in [0.29, 0.717) is 19.6 Å². The molecule has 1 unspecified atom stereocenters. The Kier molecular flexibility index (Phi) is 5.78. The predicted molar refractivity (Wildman–Crippen MR) is 112 cm³/mol. The number of fused-ring (bicyclic) bond motifs is 1. The number of ether oxygens (including phenoxy) is 1. The van der Waals surface area contributed by atoms with Crippen molar-refractivity contribution in [2.45, 2.75) is 13.0 Å². The number of aromatic nitrogens is 2. The van der Waals surface area contributed by atoms with Crippen LogP contribution < -0.4 is 4.74 Å². The molecule has 0 saturated carbocycles. The number of carbonyl (C=O) groups is 1. The molecule has 7 nitrogen and oxygen atoms in total. The number of aliphatic hydroxyl groups excluding tert-OH is 1. The molecular formula is C22H26N4O3. The number of piperazine rings is 1. The summed E-state index contributed by atoms with van der Waals surface area (Å²) in [5, 5.41) is 19.6. The van der Waals surface area contributed by atoms with E-state index < -0.39 is 6.10 Å². The van der Waals surface area contributed by atoms with Crippen LogP contribution in [0.2, 0.25) is 0 Å². The zero-order valence-electron chi connectivity index (χ0n) is 16.5. The molecule has 0 bridgehead atoms. The molecule has 0 radical (unpaired) electrons. The fourth-order valence-corrected chi connectivity index (χ4v) is 3.79. The second-order valence-electron chi connectivity index (χ2n) is 7.45. The number of hydrogen-bond donors (Lipinski definition) is 2. The molecule has 7 heteroatoms. The first kappa shape index (κ1) is 19.4. The van der Waals surface area contributed by atoms with Crippen LogP contribution in [0, 0.1) is 0 Å². The summed E-state index contributed by atoms with van der Waals surface area (Å²) in [4.78, 5) is 15.4. The molecule has 1 atom stereocenters.